The third-order valence-electron chi connectivity index (χ3n) is 8.18. The second-order valence-electron chi connectivity index (χ2n) is 9.96. The van der Waals surface area contributed by atoms with Crippen LogP contribution in [0.3, 0.4) is 0 Å². The van der Waals surface area contributed by atoms with E-state index in [1.807, 2.05) is 13.0 Å². The SMILES string of the molecule is CC[C@@]1(O)C(=O)OCc2c1cc1n(c2=O)Cc2c-1nc1cc(C)c(C)c3c1c2[C@H](NC(=O)CO)CC3. The molecule has 0 unspecified atom stereocenters. The van der Waals surface area contributed by atoms with Gasteiger partial charge in [0.15, 0.2) is 5.60 Å². The molecule has 2 atom stereocenters. The number of aryl methyl sites for hydroxylation is 2. The average Bonchev–Trinajstić information content (AvgIpc) is 3.24. The molecule has 2 aromatic heterocycles. The minimum absolute atomic E-state index is 0.0715. The lowest BCUT2D eigenvalue weighted by atomic mass is 9.80. The molecule has 0 saturated heterocycles. The van der Waals surface area contributed by atoms with Crippen LogP contribution in [0.25, 0.3) is 22.3 Å². The van der Waals surface area contributed by atoms with Gasteiger partial charge in [-0.15, -0.1) is 0 Å². The van der Waals surface area contributed by atoms with Crippen LogP contribution >= 0.6 is 0 Å². The number of rotatable bonds is 3. The molecule has 36 heavy (non-hydrogen) atoms. The molecule has 9 heteroatoms. The van der Waals surface area contributed by atoms with Crippen LogP contribution in [0.15, 0.2) is 16.9 Å². The van der Waals surface area contributed by atoms with Gasteiger partial charge in [0.2, 0.25) is 5.91 Å². The minimum Gasteiger partial charge on any atom is -0.458 e. The zero-order valence-corrected chi connectivity index (χ0v) is 20.4. The van der Waals surface area contributed by atoms with Crippen molar-refractivity contribution in [2.24, 2.45) is 0 Å². The fraction of sp³-hybridized carbons (Fsp3) is 0.407. The molecular weight excluding hydrogens is 462 g/mol. The van der Waals surface area contributed by atoms with Crippen LogP contribution in [0.4, 0.5) is 0 Å². The number of amides is 1. The third-order valence-corrected chi connectivity index (χ3v) is 8.18. The maximum absolute atomic E-state index is 13.6. The standard InChI is InChI=1S/C27H27N3O6/c1-4-27(35)17-8-20-24-15(9-30(20)25(33)16(17)11-36-26(27)34)23-18(28-21(32)10-31)6-5-14-13(3)12(2)7-19(29-24)22(14)23/h7-8,18,31,35H,4-6,9-11H2,1-3H3,(H,28,32)/t18-,27+/m1/s1. The Bertz CT molecular complexity index is 1570. The summed E-state index contributed by atoms with van der Waals surface area (Å²) in [6.07, 6.45) is 1.49. The predicted octanol–water partition coefficient (Wildman–Crippen LogP) is 1.79. The van der Waals surface area contributed by atoms with Crippen molar-refractivity contribution in [3.63, 3.8) is 0 Å². The highest BCUT2D eigenvalue weighted by Crippen LogP contribution is 2.45. The number of nitrogens with one attached hydrogen (secondary N) is 1. The summed E-state index contributed by atoms with van der Waals surface area (Å²) in [6, 6.07) is 3.38. The quantitative estimate of drug-likeness (QED) is 0.374. The van der Waals surface area contributed by atoms with Gasteiger partial charge in [-0.05, 0) is 67.5 Å². The zero-order chi connectivity index (χ0) is 25.5. The summed E-state index contributed by atoms with van der Waals surface area (Å²) < 4.78 is 6.78. The fourth-order valence-electron chi connectivity index (χ4n) is 6.12. The molecule has 0 spiro atoms. The summed E-state index contributed by atoms with van der Waals surface area (Å²) in [7, 11) is 0. The number of nitrogens with zero attached hydrogens (tertiary/aromatic N) is 2. The lowest BCUT2D eigenvalue weighted by Crippen LogP contribution is -2.44. The van der Waals surface area contributed by atoms with Crippen molar-refractivity contribution in [3.05, 3.63) is 61.4 Å². The summed E-state index contributed by atoms with van der Waals surface area (Å²) in [5, 5.41) is 24.5. The molecule has 2 aliphatic heterocycles. The topological polar surface area (TPSA) is 131 Å². The van der Waals surface area contributed by atoms with Gasteiger partial charge < -0.3 is 24.8 Å². The van der Waals surface area contributed by atoms with Crippen LogP contribution in [0.2, 0.25) is 0 Å². The first kappa shape index (κ1) is 22.9. The van der Waals surface area contributed by atoms with Crippen molar-refractivity contribution < 1.29 is 24.5 Å². The number of carbonyl (C=O) groups excluding carboxylic acids is 2. The van der Waals surface area contributed by atoms with E-state index in [0.29, 0.717) is 17.8 Å². The summed E-state index contributed by atoms with van der Waals surface area (Å²) in [4.78, 5) is 43.3. The molecule has 0 saturated carbocycles. The van der Waals surface area contributed by atoms with Gasteiger partial charge in [-0.1, -0.05) is 6.92 Å². The van der Waals surface area contributed by atoms with Gasteiger partial charge in [0.05, 0.1) is 35.1 Å². The van der Waals surface area contributed by atoms with Crippen molar-refractivity contribution in [3.8, 4) is 11.4 Å². The Kier molecular flexibility index (Phi) is 4.90. The van der Waals surface area contributed by atoms with Crippen LogP contribution in [-0.4, -0.2) is 38.2 Å². The van der Waals surface area contributed by atoms with Crippen LogP contribution < -0.4 is 10.9 Å². The minimum atomic E-state index is -1.89. The van der Waals surface area contributed by atoms with Crippen LogP contribution in [0.5, 0.6) is 0 Å². The molecule has 3 N–H and O–H groups in total. The number of ether oxygens (including phenoxy) is 1. The number of cyclic esters (lactones) is 1. The molecule has 6 rings (SSSR count). The van der Waals surface area contributed by atoms with E-state index in [1.54, 1.807) is 17.6 Å². The van der Waals surface area contributed by atoms with Gasteiger partial charge in [0, 0.05) is 16.5 Å². The van der Waals surface area contributed by atoms with Crippen molar-refractivity contribution in [2.75, 3.05) is 6.61 Å². The highest BCUT2D eigenvalue weighted by Gasteiger charge is 2.46. The largest absolute Gasteiger partial charge is 0.458 e. The molecular formula is C27H27N3O6. The Morgan fingerprint density at radius 1 is 1.25 bits per heavy atom. The van der Waals surface area contributed by atoms with E-state index in [0.717, 1.165) is 34.0 Å². The van der Waals surface area contributed by atoms with Crippen molar-refractivity contribution in [1.82, 2.24) is 14.9 Å². The maximum Gasteiger partial charge on any atom is 0.343 e. The van der Waals surface area contributed by atoms with E-state index in [9.17, 15) is 24.6 Å². The molecule has 3 aromatic rings. The number of pyridine rings is 2. The normalized spacial score (nSPS) is 21.6. The van der Waals surface area contributed by atoms with Gasteiger partial charge in [0.1, 0.15) is 13.2 Å². The monoisotopic (exact) mass is 489 g/mol. The number of aromatic nitrogens is 2. The van der Waals surface area contributed by atoms with Gasteiger partial charge in [-0.2, -0.15) is 0 Å². The van der Waals surface area contributed by atoms with E-state index in [1.165, 1.54) is 11.1 Å². The molecule has 0 fully saturated rings. The Morgan fingerprint density at radius 2 is 2.03 bits per heavy atom. The number of benzene rings is 1. The number of fused-ring (bicyclic) bond motifs is 5. The number of aliphatic hydroxyl groups excluding tert-OH is 1. The lowest BCUT2D eigenvalue weighted by molar-refractivity contribution is -0.172. The Morgan fingerprint density at radius 3 is 2.75 bits per heavy atom. The number of esters is 1. The third kappa shape index (κ3) is 2.90. The highest BCUT2D eigenvalue weighted by atomic mass is 16.6. The molecule has 0 bridgehead atoms. The van der Waals surface area contributed by atoms with E-state index < -0.39 is 24.1 Å². The second-order valence-corrected chi connectivity index (χ2v) is 9.96. The summed E-state index contributed by atoms with van der Waals surface area (Å²) in [5.74, 6) is -1.22. The first-order valence-corrected chi connectivity index (χ1v) is 12.2. The van der Waals surface area contributed by atoms with Crippen LogP contribution in [-0.2, 0) is 39.5 Å². The zero-order valence-electron chi connectivity index (χ0n) is 20.4. The number of carbonyl (C=O) groups is 2. The van der Waals surface area contributed by atoms with Crippen LogP contribution in [0, 0.1) is 13.8 Å². The van der Waals surface area contributed by atoms with Crippen molar-refractivity contribution in [1.29, 1.82) is 0 Å². The Balaban J connectivity index is 1.66. The molecule has 1 aliphatic carbocycles. The number of aliphatic hydroxyl groups is 2. The predicted molar refractivity (Wildman–Crippen MR) is 130 cm³/mol. The van der Waals surface area contributed by atoms with Crippen molar-refractivity contribution in [2.45, 2.75) is 64.8 Å². The average molecular weight is 490 g/mol. The lowest BCUT2D eigenvalue weighted by Gasteiger charge is -2.31. The smallest absolute Gasteiger partial charge is 0.343 e. The number of hydrogen-bond donors (Lipinski definition) is 3. The molecule has 0 radical (unpaired) electrons. The molecule has 1 amide bonds. The first-order valence-electron chi connectivity index (χ1n) is 12.2. The Labute approximate surface area is 206 Å². The summed E-state index contributed by atoms with van der Waals surface area (Å²) in [6.45, 7) is 5.26. The second kappa shape index (κ2) is 7.72. The maximum atomic E-state index is 13.6. The van der Waals surface area contributed by atoms with Gasteiger partial charge in [-0.25, -0.2) is 9.78 Å². The molecule has 186 valence electrons. The summed E-state index contributed by atoms with van der Waals surface area (Å²) >= 11 is 0. The first-order chi connectivity index (χ1) is 17.2. The van der Waals surface area contributed by atoms with Gasteiger partial charge in [-0.3, -0.25) is 9.59 Å². The molecule has 3 aliphatic rings. The highest BCUT2D eigenvalue weighted by molar-refractivity contribution is 5.94. The van der Waals surface area contributed by atoms with E-state index in [4.69, 9.17) is 9.72 Å². The molecule has 4 heterocycles. The van der Waals surface area contributed by atoms with Crippen LogP contribution in [0.1, 0.15) is 64.8 Å². The molecule has 1 aromatic carbocycles. The number of hydrogen-bond acceptors (Lipinski definition) is 7. The van der Waals surface area contributed by atoms with Gasteiger partial charge in [0.25, 0.3) is 5.56 Å². The van der Waals surface area contributed by atoms with Gasteiger partial charge >= 0.3 is 5.97 Å². The fourth-order valence-corrected chi connectivity index (χ4v) is 6.12. The summed E-state index contributed by atoms with van der Waals surface area (Å²) in [5.41, 5.74) is 5.47. The Hall–Kier alpha value is -3.56. The van der Waals surface area contributed by atoms with E-state index in [2.05, 4.69) is 12.2 Å². The van der Waals surface area contributed by atoms with E-state index >= 15 is 0 Å². The van der Waals surface area contributed by atoms with Crippen molar-refractivity contribution >= 4 is 22.8 Å². The van der Waals surface area contributed by atoms with E-state index in [-0.39, 0.29) is 42.3 Å². The molecule has 9 nitrogen and oxygen atoms in total.